The number of benzene rings is 1. The number of nitrogens with zero attached hydrogens (tertiary/aromatic N) is 1. The zero-order chi connectivity index (χ0) is 14.8. The standard InChI is InChI=1S/C19H25N/c1-18(2,3)16-8-6-15(7-9-16)14-19(4,5)17-10-12-20-13-11-17/h6-13H,14H2,1-5H3. The summed E-state index contributed by atoms with van der Waals surface area (Å²) in [6.07, 6.45) is 4.79. The van der Waals surface area contributed by atoms with E-state index in [4.69, 9.17) is 0 Å². The smallest absolute Gasteiger partial charge is 0.0270 e. The molecule has 1 heteroatoms. The summed E-state index contributed by atoms with van der Waals surface area (Å²) >= 11 is 0. The van der Waals surface area contributed by atoms with Crippen LogP contribution in [0.15, 0.2) is 48.8 Å². The first-order valence-electron chi connectivity index (χ1n) is 7.29. The Morgan fingerprint density at radius 1 is 0.750 bits per heavy atom. The van der Waals surface area contributed by atoms with E-state index in [9.17, 15) is 0 Å². The molecule has 20 heavy (non-hydrogen) atoms. The van der Waals surface area contributed by atoms with Crippen LogP contribution in [0.4, 0.5) is 0 Å². The summed E-state index contributed by atoms with van der Waals surface area (Å²) in [5.74, 6) is 0. The lowest BCUT2D eigenvalue weighted by atomic mass is 9.79. The van der Waals surface area contributed by atoms with Crippen molar-refractivity contribution >= 4 is 0 Å². The molecule has 0 unspecified atom stereocenters. The van der Waals surface area contributed by atoms with Crippen molar-refractivity contribution in [2.45, 2.75) is 51.9 Å². The zero-order valence-corrected chi connectivity index (χ0v) is 13.3. The lowest BCUT2D eigenvalue weighted by Gasteiger charge is -2.26. The number of pyridine rings is 1. The van der Waals surface area contributed by atoms with Crippen LogP contribution in [0.5, 0.6) is 0 Å². The molecule has 0 N–H and O–H groups in total. The van der Waals surface area contributed by atoms with E-state index in [1.807, 2.05) is 12.4 Å². The Morgan fingerprint density at radius 3 is 1.80 bits per heavy atom. The summed E-state index contributed by atoms with van der Waals surface area (Å²) in [4.78, 5) is 4.10. The maximum Gasteiger partial charge on any atom is 0.0270 e. The molecule has 0 fully saturated rings. The molecule has 0 amide bonds. The third-order valence-corrected chi connectivity index (χ3v) is 3.93. The molecule has 0 saturated heterocycles. The predicted octanol–water partition coefficient (Wildman–Crippen LogP) is 4.90. The lowest BCUT2D eigenvalue weighted by molar-refractivity contribution is 0.521. The molecule has 0 bridgehead atoms. The fraction of sp³-hybridized carbons (Fsp3) is 0.421. The van der Waals surface area contributed by atoms with Gasteiger partial charge in [0.25, 0.3) is 0 Å². The minimum atomic E-state index is 0.131. The second-order valence-electron chi connectivity index (χ2n) is 7.24. The highest BCUT2D eigenvalue weighted by atomic mass is 14.6. The van der Waals surface area contributed by atoms with Gasteiger partial charge in [-0.25, -0.2) is 0 Å². The molecule has 0 aliphatic rings. The first-order valence-corrected chi connectivity index (χ1v) is 7.29. The molecule has 0 aliphatic heterocycles. The molecule has 2 aromatic rings. The van der Waals surface area contributed by atoms with Gasteiger partial charge in [-0.3, -0.25) is 4.98 Å². The molecule has 1 nitrogen and oxygen atoms in total. The van der Waals surface area contributed by atoms with Gasteiger partial charge in [0.15, 0.2) is 0 Å². The van der Waals surface area contributed by atoms with Crippen molar-refractivity contribution in [1.29, 1.82) is 0 Å². The first-order chi connectivity index (χ1) is 9.29. The molecule has 0 atom stereocenters. The summed E-state index contributed by atoms with van der Waals surface area (Å²) in [5.41, 5.74) is 4.47. The van der Waals surface area contributed by atoms with E-state index in [2.05, 4.69) is 76.0 Å². The molecular weight excluding hydrogens is 242 g/mol. The second-order valence-corrected chi connectivity index (χ2v) is 7.24. The first kappa shape index (κ1) is 14.8. The molecule has 0 spiro atoms. The van der Waals surface area contributed by atoms with Gasteiger partial charge in [0.2, 0.25) is 0 Å². The minimum absolute atomic E-state index is 0.131. The molecule has 0 radical (unpaired) electrons. The van der Waals surface area contributed by atoms with E-state index in [0.717, 1.165) is 6.42 Å². The summed E-state index contributed by atoms with van der Waals surface area (Å²) in [7, 11) is 0. The third kappa shape index (κ3) is 3.47. The summed E-state index contributed by atoms with van der Waals surface area (Å²) in [6.45, 7) is 11.3. The predicted molar refractivity (Wildman–Crippen MR) is 86.1 cm³/mol. The van der Waals surface area contributed by atoms with Crippen LogP contribution in [-0.4, -0.2) is 4.98 Å². The van der Waals surface area contributed by atoms with Gasteiger partial charge in [-0.2, -0.15) is 0 Å². The minimum Gasteiger partial charge on any atom is -0.265 e. The van der Waals surface area contributed by atoms with Crippen LogP contribution in [0.3, 0.4) is 0 Å². The number of aromatic nitrogens is 1. The van der Waals surface area contributed by atoms with Gasteiger partial charge in [0.05, 0.1) is 0 Å². The average molecular weight is 267 g/mol. The lowest BCUT2D eigenvalue weighted by Crippen LogP contribution is -2.20. The largest absolute Gasteiger partial charge is 0.265 e. The molecule has 2 rings (SSSR count). The molecule has 106 valence electrons. The van der Waals surface area contributed by atoms with Gasteiger partial charge in [0.1, 0.15) is 0 Å². The summed E-state index contributed by atoms with van der Waals surface area (Å²) in [5, 5.41) is 0. The van der Waals surface area contributed by atoms with Crippen LogP contribution in [-0.2, 0) is 17.3 Å². The molecule has 0 saturated carbocycles. The molecule has 1 aromatic carbocycles. The van der Waals surface area contributed by atoms with Crippen LogP contribution < -0.4 is 0 Å². The average Bonchev–Trinajstić information content (AvgIpc) is 2.39. The number of hydrogen-bond donors (Lipinski definition) is 0. The monoisotopic (exact) mass is 267 g/mol. The van der Waals surface area contributed by atoms with E-state index in [-0.39, 0.29) is 10.8 Å². The van der Waals surface area contributed by atoms with Crippen molar-refractivity contribution < 1.29 is 0 Å². The fourth-order valence-corrected chi connectivity index (χ4v) is 2.54. The maximum atomic E-state index is 4.10. The van der Waals surface area contributed by atoms with E-state index in [1.54, 1.807) is 0 Å². The molecule has 1 aromatic heterocycles. The molecule has 0 aliphatic carbocycles. The Labute approximate surface area is 123 Å². The number of hydrogen-bond acceptors (Lipinski definition) is 1. The van der Waals surface area contributed by atoms with Crippen LogP contribution in [0.25, 0.3) is 0 Å². The van der Waals surface area contributed by atoms with E-state index in [1.165, 1.54) is 16.7 Å². The maximum absolute atomic E-state index is 4.10. The van der Waals surface area contributed by atoms with Gasteiger partial charge in [-0.15, -0.1) is 0 Å². The van der Waals surface area contributed by atoms with Gasteiger partial charge in [-0.05, 0) is 46.1 Å². The highest BCUT2D eigenvalue weighted by Gasteiger charge is 2.21. The third-order valence-electron chi connectivity index (χ3n) is 3.93. The van der Waals surface area contributed by atoms with Crippen LogP contribution in [0.2, 0.25) is 0 Å². The van der Waals surface area contributed by atoms with Crippen molar-refractivity contribution in [3.8, 4) is 0 Å². The summed E-state index contributed by atoms with van der Waals surface area (Å²) < 4.78 is 0. The zero-order valence-electron chi connectivity index (χ0n) is 13.3. The Bertz CT molecular complexity index is 545. The van der Waals surface area contributed by atoms with Gasteiger partial charge in [0, 0.05) is 12.4 Å². The van der Waals surface area contributed by atoms with Gasteiger partial charge in [-0.1, -0.05) is 58.9 Å². The van der Waals surface area contributed by atoms with E-state index in [0.29, 0.717) is 0 Å². The fourth-order valence-electron chi connectivity index (χ4n) is 2.54. The highest BCUT2D eigenvalue weighted by Crippen LogP contribution is 2.28. The van der Waals surface area contributed by atoms with Crippen molar-refractivity contribution in [1.82, 2.24) is 4.98 Å². The van der Waals surface area contributed by atoms with Gasteiger partial charge < -0.3 is 0 Å². The van der Waals surface area contributed by atoms with Crippen molar-refractivity contribution in [3.05, 3.63) is 65.5 Å². The Kier molecular flexibility index (Phi) is 3.99. The topological polar surface area (TPSA) is 12.9 Å². The van der Waals surface area contributed by atoms with Crippen LogP contribution in [0.1, 0.15) is 51.3 Å². The van der Waals surface area contributed by atoms with E-state index >= 15 is 0 Å². The van der Waals surface area contributed by atoms with Gasteiger partial charge >= 0.3 is 0 Å². The number of rotatable bonds is 3. The van der Waals surface area contributed by atoms with Crippen molar-refractivity contribution in [3.63, 3.8) is 0 Å². The molecule has 1 heterocycles. The second kappa shape index (κ2) is 5.40. The van der Waals surface area contributed by atoms with E-state index < -0.39 is 0 Å². The van der Waals surface area contributed by atoms with Crippen molar-refractivity contribution in [2.75, 3.05) is 0 Å². The Morgan fingerprint density at radius 2 is 1.30 bits per heavy atom. The normalized spacial score (nSPS) is 12.4. The highest BCUT2D eigenvalue weighted by molar-refractivity contribution is 5.31. The molecular formula is C19H25N. The Hall–Kier alpha value is -1.63. The quantitative estimate of drug-likeness (QED) is 0.771. The van der Waals surface area contributed by atoms with Crippen LogP contribution >= 0.6 is 0 Å². The SMILES string of the molecule is CC(C)(C)c1ccc(CC(C)(C)c2ccncc2)cc1. The Balaban J connectivity index is 2.18. The summed E-state index contributed by atoms with van der Waals surface area (Å²) in [6, 6.07) is 13.3. The van der Waals surface area contributed by atoms with Crippen molar-refractivity contribution in [2.24, 2.45) is 0 Å². The van der Waals surface area contributed by atoms with Crippen LogP contribution in [0, 0.1) is 0 Å².